The van der Waals surface area contributed by atoms with Crippen LogP contribution in [0, 0.1) is 17.8 Å². The van der Waals surface area contributed by atoms with Crippen LogP contribution in [0.2, 0.25) is 0 Å². The van der Waals surface area contributed by atoms with Gasteiger partial charge in [0.25, 0.3) is 0 Å². The molecule has 1 unspecified atom stereocenters. The number of hydrogen-bond acceptors (Lipinski definition) is 5. The zero-order chi connectivity index (χ0) is 25.2. The quantitative estimate of drug-likeness (QED) is 0.613. The molecule has 0 aromatic rings. The van der Waals surface area contributed by atoms with Crippen LogP contribution in [0.4, 0.5) is 0 Å². The molecule has 0 aromatic heterocycles. The number of aliphatic hydroxyl groups excluding tert-OH is 1. The molecule has 4 heterocycles. The fraction of sp³-hybridized carbons (Fsp3) is 0.731. The Morgan fingerprint density at radius 2 is 1.74 bits per heavy atom. The van der Waals surface area contributed by atoms with Crippen molar-refractivity contribution in [3.05, 3.63) is 24.3 Å². The van der Waals surface area contributed by atoms with Gasteiger partial charge in [-0.25, -0.2) is 0 Å². The summed E-state index contributed by atoms with van der Waals surface area (Å²) in [6.45, 7) is 12.8. The molecule has 34 heavy (non-hydrogen) atoms. The number of amides is 3. The van der Waals surface area contributed by atoms with E-state index in [0.717, 1.165) is 6.42 Å². The summed E-state index contributed by atoms with van der Waals surface area (Å²) in [5, 5.41) is 10.4. The minimum atomic E-state index is -0.868. The summed E-state index contributed by atoms with van der Waals surface area (Å²) in [4.78, 5) is 47.5. The van der Waals surface area contributed by atoms with Gasteiger partial charge in [-0.1, -0.05) is 44.6 Å². The molecule has 4 aliphatic rings. The molecule has 0 bridgehead atoms. The molecule has 0 aliphatic carbocycles. The first-order valence-corrected chi connectivity index (χ1v) is 13.2. The van der Waals surface area contributed by atoms with Gasteiger partial charge in [0.05, 0.1) is 29.2 Å². The molecule has 8 heteroatoms. The van der Waals surface area contributed by atoms with Gasteiger partial charge < -0.3 is 19.8 Å². The van der Waals surface area contributed by atoms with Gasteiger partial charge in [0.2, 0.25) is 17.7 Å². The highest BCUT2D eigenvalue weighted by Gasteiger charge is 2.74. The number of carbonyl (C=O) groups excluding carboxylic acids is 3. The van der Waals surface area contributed by atoms with Crippen LogP contribution in [-0.4, -0.2) is 91.4 Å². The standard InChI is InChI=1S/C26H39N3O4S/c1-8-16(2)17(15-30)29-20-23(33)28(24(3,4)5)14-10-12-26(20)19(22(29)32)18-21(31)27(7)13-9-11-25(18,6)34-26/h9-12,16-20,30H,8,13-15H2,1-7H3/t16-,17-,18-,19-,20?,25+,26-/m0/s1. The van der Waals surface area contributed by atoms with Crippen molar-refractivity contribution in [2.24, 2.45) is 17.8 Å². The number of fused-ring (bicyclic) bond motifs is 2. The van der Waals surface area contributed by atoms with Gasteiger partial charge >= 0.3 is 0 Å². The van der Waals surface area contributed by atoms with Crippen LogP contribution in [0.25, 0.3) is 0 Å². The van der Waals surface area contributed by atoms with E-state index in [1.54, 1.807) is 28.6 Å². The van der Waals surface area contributed by atoms with Crippen molar-refractivity contribution >= 4 is 29.5 Å². The van der Waals surface area contributed by atoms with Gasteiger partial charge in [0, 0.05) is 30.4 Å². The maximum Gasteiger partial charge on any atom is 0.247 e. The lowest BCUT2D eigenvalue weighted by atomic mass is 9.74. The lowest BCUT2D eigenvalue weighted by Gasteiger charge is -2.43. The summed E-state index contributed by atoms with van der Waals surface area (Å²) < 4.78 is -1.47. The molecule has 0 radical (unpaired) electrons. The number of aliphatic hydroxyl groups is 1. The molecule has 0 aromatic carbocycles. The van der Waals surface area contributed by atoms with Crippen LogP contribution >= 0.6 is 11.8 Å². The summed E-state index contributed by atoms with van der Waals surface area (Å²) in [5.41, 5.74) is -0.432. The van der Waals surface area contributed by atoms with Gasteiger partial charge in [-0.05, 0) is 33.6 Å². The van der Waals surface area contributed by atoms with E-state index in [1.165, 1.54) is 0 Å². The number of carbonyl (C=O) groups is 3. The fourth-order valence-corrected chi connectivity index (χ4v) is 8.50. The molecular formula is C26H39N3O4S. The number of hydrogen-bond donors (Lipinski definition) is 1. The smallest absolute Gasteiger partial charge is 0.247 e. The minimum Gasteiger partial charge on any atom is -0.394 e. The van der Waals surface area contributed by atoms with Crippen molar-refractivity contribution in [1.82, 2.24) is 14.7 Å². The Hall–Kier alpha value is -1.80. The highest BCUT2D eigenvalue weighted by Crippen LogP contribution is 2.66. The first-order valence-electron chi connectivity index (χ1n) is 12.4. The molecule has 1 N–H and O–H groups in total. The van der Waals surface area contributed by atoms with Crippen LogP contribution in [0.3, 0.4) is 0 Å². The highest BCUT2D eigenvalue weighted by atomic mass is 32.2. The zero-order valence-electron chi connectivity index (χ0n) is 21.4. The maximum atomic E-state index is 14.3. The first-order chi connectivity index (χ1) is 15.8. The molecule has 188 valence electrons. The molecule has 3 amide bonds. The Labute approximate surface area is 207 Å². The zero-order valence-corrected chi connectivity index (χ0v) is 22.3. The van der Waals surface area contributed by atoms with Gasteiger partial charge in [-0.3, -0.25) is 14.4 Å². The molecular weight excluding hydrogens is 450 g/mol. The van der Waals surface area contributed by atoms with E-state index in [2.05, 4.69) is 6.08 Å². The highest BCUT2D eigenvalue weighted by molar-refractivity contribution is 8.02. The van der Waals surface area contributed by atoms with E-state index in [4.69, 9.17) is 0 Å². The Kier molecular flexibility index (Phi) is 6.25. The van der Waals surface area contributed by atoms with E-state index in [-0.39, 0.29) is 30.2 Å². The molecule has 7 atom stereocenters. The largest absolute Gasteiger partial charge is 0.394 e. The van der Waals surface area contributed by atoms with Gasteiger partial charge in [-0.2, -0.15) is 0 Å². The Balaban J connectivity index is 1.94. The normalized spacial score (nSPS) is 37.4. The van der Waals surface area contributed by atoms with Crippen LogP contribution in [0.15, 0.2) is 24.3 Å². The van der Waals surface area contributed by atoms with Crippen LogP contribution in [0.5, 0.6) is 0 Å². The second-order valence-corrected chi connectivity index (χ2v) is 13.3. The third-order valence-corrected chi connectivity index (χ3v) is 10.1. The van der Waals surface area contributed by atoms with E-state index >= 15 is 0 Å². The number of likely N-dealkylation sites (tertiary alicyclic amines) is 1. The van der Waals surface area contributed by atoms with Gasteiger partial charge in [0.15, 0.2) is 0 Å². The Morgan fingerprint density at radius 3 is 2.32 bits per heavy atom. The number of likely N-dealkylation sites (N-methyl/N-ethyl adjacent to an activating group) is 1. The van der Waals surface area contributed by atoms with Crippen LogP contribution < -0.4 is 0 Å². The van der Waals surface area contributed by atoms with Crippen molar-refractivity contribution < 1.29 is 19.5 Å². The average Bonchev–Trinajstić information content (AvgIpc) is 3.03. The number of rotatable bonds is 4. The Morgan fingerprint density at radius 1 is 1.09 bits per heavy atom. The van der Waals surface area contributed by atoms with Crippen molar-refractivity contribution in [2.45, 2.75) is 75.1 Å². The predicted octanol–water partition coefficient (Wildman–Crippen LogP) is 2.31. The maximum absolute atomic E-state index is 14.3. The SMILES string of the molecule is CC[C@H](C)[C@H](CO)N1C(=O)[C@@H]2[C@H]3C(=O)N(C)CC=C[C@@]3(C)S[C@@]23C=CCN(C(C)(C)C)C(=O)C13. The fourth-order valence-electron chi connectivity index (χ4n) is 6.36. The van der Waals surface area contributed by atoms with E-state index in [0.29, 0.717) is 13.1 Å². The topological polar surface area (TPSA) is 81.2 Å². The lowest BCUT2D eigenvalue weighted by molar-refractivity contribution is -0.149. The monoisotopic (exact) mass is 489 g/mol. The molecule has 4 rings (SSSR count). The first kappa shape index (κ1) is 25.3. The number of nitrogens with zero attached hydrogens (tertiary/aromatic N) is 3. The lowest BCUT2D eigenvalue weighted by Crippen LogP contribution is -2.60. The van der Waals surface area contributed by atoms with Crippen LogP contribution in [-0.2, 0) is 14.4 Å². The molecule has 7 nitrogen and oxygen atoms in total. The summed E-state index contributed by atoms with van der Waals surface area (Å²) in [6.07, 6.45) is 8.88. The van der Waals surface area contributed by atoms with Crippen LogP contribution in [0.1, 0.15) is 48.0 Å². The summed E-state index contributed by atoms with van der Waals surface area (Å²) in [6, 6.07) is -1.25. The van der Waals surface area contributed by atoms with E-state index < -0.39 is 39.0 Å². The summed E-state index contributed by atoms with van der Waals surface area (Å²) in [7, 11) is 1.77. The van der Waals surface area contributed by atoms with E-state index in [9.17, 15) is 19.5 Å². The van der Waals surface area contributed by atoms with Crippen molar-refractivity contribution in [2.75, 3.05) is 26.7 Å². The van der Waals surface area contributed by atoms with E-state index in [1.807, 2.05) is 64.7 Å². The molecule has 0 saturated carbocycles. The van der Waals surface area contributed by atoms with Crippen molar-refractivity contribution in [3.8, 4) is 0 Å². The molecule has 1 spiro atoms. The van der Waals surface area contributed by atoms with Gasteiger partial charge in [0.1, 0.15) is 6.04 Å². The second kappa shape index (κ2) is 8.40. The van der Waals surface area contributed by atoms with Crippen molar-refractivity contribution in [1.29, 1.82) is 0 Å². The average molecular weight is 490 g/mol. The summed E-state index contributed by atoms with van der Waals surface area (Å²) in [5.74, 6) is -1.57. The second-order valence-electron chi connectivity index (χ2n) is 11.5. The third-order valence-electron chi connectivity index (χ3n) is 8.35. The predicted molar refractivity (Wildman–Crippen MR) is 134 cm³/mol. The molecule has 4 aliphatic heterocycles. The molecule has 2 saturated heterocycles. The Bertz CT molecular complexity index is 943. The van der Waals surface area contributed by atoms with Crippen molar-refractivity contribution in [3.63, 3.8) is 0 Å². The minimum absolute atomic E-state index is 0.0109. The third kappa shape index (κ3) is 3.47. The van der Waals surface area contributed by atoms with Gasteiger partial charge in [-0.15, -0.1) is 11.8 Å². The summed E-state index contributed by atoms with van der Waals surface area (Å²) >= 11 is 1.59. The number of thioether (sulfide) groups is 1. The molecule has 2 fully saturated rings.